The Hall–Kier alpha value is -0.430. The number of aryl methyl sites for hydroxylation is 1. The van der Waals surface area contributed by atoms with Gasteiger partial charge in [-0.25, -0.2) is 13.1 Å². The zero-order chi connectivity index (χ0) is 18.2. The normalized spacial score (nSPS) is 12.6. The van der Waals surface area contributed by atoms with Crippen LogP contribution in [0.15, 0.2) is 21.3 Å². The average Bonchev–Trinajstić information content (AvgIpc) is 2.96. The number of thiophene rings is 1. The number of nitrogens with one attached hydrogen (secondary N) is 3. The van der Waals surface area contributed by atoms with Crippen LogP contribution in [-0.2, 0) is 14.8 Å². The lowest BCUT2D eigenvalue weighted by Crippen LogP contribution is -2.42. The van der Waals surface area contributed by atoms with Gasteiger partial charge in [-0.1, -0.05) is 0 Å². The van der Waals surface area contributed by atoms with Crippen LogP contribution in [-0.4, -0.2) is 53.3 Å². The number of methoxy groups -OCH3 is 1. The van der Waals surface area contributed by atoms with E-state index >= 15 is 0 Å². The summed E-state index contributed by atoms with van der Waals surface area (Å²) in [6.45, 7) is 9.69. The van der Waals surface area contributed by atoms with Gasteiger partial charge in [0.05, 0.1) is 12.1 Å². The lowest BCUT2D eigenvalue weighted by atomic mass is 10.1. The van der Waals surface area contributed by atoms with Gasteiger partial charge in [-0.05, 0) is 39.8 Å². The molecule has 25 heavy (non-hydrogen) atoms. The molecular weight excluding hydrogens is 475 g/mol. The number of nitrogens with zero attached hydrogens (tertiary/aromatic N) is 1. The summed E-state index contributed by atoms with van der Waals surface area (Å²) in [6.07, 6.45) is 0. The molecule has 0 spiro atoms. The van der Waals surface area contributed by atoms with Gasteiger partial charge in [-0.2, -0.15) is 0 Å². The van der Waals surface area contributed by atoms with E-state index in [2.05, 4.69) is 20.3 Å². The molecule has 0 unspecified atom stereocenters. The highest BCUT2D eigenvalue weighted by atomic mass is 127. The Morgan fingerprint density at radius 1 is 1.28 bits per heavy atom. The molecule has 3 N–H and O–H groups in total. The van der Waals surface area contributed by atoms with E-state index in [0.29, 0.717) is 23.3 Å². The third-order valence-electron chi connectivity index (χ3n) is 3.20. The van der Waals surface area contributed by atoms with Crippen LogP contribution >= 0.6 is 35.3 Å². The Labute approximate surface area is 172 Å². The third kappa shape index (κ3) is 9.18. The van der Waals surface area contributed by atoms with Crippen molar-refractivity contribution in [1.29, 1.82) is 0 Å². The van der Waals surface area contributed by atoms with Gasteiger partial charge in [0.1, 0.15) is 4.21 Å². The molecule has 0 amide bonds. The first-order valence-electron chi connectivity index (χ1n) is 7.83. The van der Waals surface area contributed by atoms with Crippen molar-refractivity contribution in [2.45, 2.75) is 37.5 Å². The van der Waals surface area contributed by atoms with Crippen LogP contribution in [0.4, 0.5) is 0 Å². The predicted octanol–water partition coefficient (Wildman–Crippen LogP) is 1.93. The number of ether oxygens (including phenoxy) is 1. The highest BCUT2D eigenvalue weighted by Crippen LogP contribution is 2.19. The van der Waals surface area contributed by atoms with Gasteiger partial charge in [0.25, 0.3) is 0 Å². The molecule has 0 aliphatic rings. The van der Waals surface area contributed by atoms with Gasteiger partial charge in [0, 0.05) is 31.6 Å². The second kappa shape index (κ2) is 11.3. The Bertz CT molecular complexity index is 645. The molecule has 0 fully saturated rings. The largest absolute Gasteiger partial charge is 0.377 e. The number of halogens is 1. The number of aliphatic imine (C=N–C) groups is 1. The Kier molecular flexibility index (Phi) is 11.1. The van der Waals surface area contributed by atoms with Crippen LogP contribution in [0.2, 0.25) is 0 Å². The Balaban J connectivity index is 0.00000576. The number of sulfonamides is 1. The van der Waals surface area contributed by atoms with E-state index in [-0.39, 0.29) is 36.1 Å². The molecule has 1 heterocycles. The van der Waals surface area contributed by atoms with Crippen LogP contribution < -0.4 is 15.4 Å². The van der Waals surface area contributed by atoms with Crippen molar-refractivity contribution in [2.24, 2.45) is 4.99 Å². The molecule has 0 atom stereocenters. The first kappa shape index (κ1) is 24.6. The van der Waals surface area contributed by atoms with Gasteiger partial charge < -0.3 is 15.4 Å². The average molecular weight is 504 g/mol. The molecule has 0 radical (unpaired) electrons. The van der Waals surface area contributed by atoms with Crippen molar-refractivity contribution in [3.63, 3.8) is 0 Å². The van der Waals surface area contributed by atoms with Crippen molar-refractivity contribution in [2.75, 3.05) is 33.3 Å². The van der Waals surface area contributed by atoms with Gasteiger partial charge in [0.15, 0.2) is 5.96 Å². The fourth-order valence-corrected chi connectivity index (χ4v) is 4.03. The third-order valence-corrected chi connectivity index (χ3v) is 6.16. The van der Waals surface area contributed by atoms with E-state index in [1.807, 2.05) is 27.7 Å². The second-order valence-corrected chi connectivity index (χ2v) is 9.13. The summed E-state index contributed by atoms with van der Waals surface area (Å²) in [6, 6.07) is 3.42. The Morgan fingerprint density at radius 3 is 2.48 bits per heavy atom. The molecule has 1 aromatic rings. The molecule has 1 aromatic heterocycles. The monoisotopic (exact) mass is 504 g/mol. The van der Waals surface area contributed by atoms with E-state index in [9.17, 15) is 8.42 Å². The van der Waals surface area contributed by atoms with Crippen molar-refractivity contribution < 1.29 is 13.2 Å². The van der Waals surface area contributed by atoms with Crippen molar-refractivity contribution in [3.8, 4) is 0 Å². The first-order valence-corrected chi connectivity index (χ1v) is 10.1. The van der Waals surface area contributed by atoms with E-state index < -0.39 is 10.0 Å². The fraction of sp³-hybridized carbons (Fsp3) is 0.667. The minimum absolute atomic E-state index is 0. The number of guanidine groups is 1. The maximum atomic E-state index is 12.1. The summed E-state index contributed by atoms with van der Waals surface area (Å²) in [5.74, 6) is 0.633. The molecule has 0 aliphatic carbocycles. The van der Waals surface area contributed by atoms with Gasteiger partial charge in [0.2, 0.25) is 10.0 Å². The maximum absolute atomic E-state index is 12.1. The van der Waals surface area contributed by atoms with Gasteiger partial charge in [-0.3, -0.25) is 4.99 Å². The molecule has 146 valence electrons. The maximum Gasteiger partial charge on any atom is 0.250 e. The summed E-state index contributed by atoms with van der Waals surface area (Å²) in [7, 11) is -1.79. The van der Waals surface area contributed by atoms with E-state index in [1.54, 1.807) is 19.2 Å². The summed E-state index contributed by atoms with van der Waals surface area (Å²) in [4.78, 5) is 5.41. The van der Waals surface area contributed by atoms with Crippen LogP contribution in [0, 0.1) is 6.92 Å². The van der Waals surface area contributed by atoms with Crippen LogP contribution in [0.1, 0.15) is 25.6 Å². The first-order chi connectivity index (χ1) is 11.2. The topological polar surface area (TPSA) is 91.8 Å². The molecule has 0 bridgehead atoms. The van der Waals surface area contributed by atoms with Gasteiger partial charge >= 0.3 is 0 Å². The molecule has 0 aliphatic heterocycles. The second-order valence-electron chi connectivity index (χ2n) is 5.85. The van der Waals surface area contributed by atoms with Crippen molar-refractivity contribution in [1.82, 2.24) is 15.4 Å². The SMILES string of the molecule is CCNC(=NCC(C)(C)OC)NCCNS(=O)(=O)c1ccc(C)s1.I. The van der Waals surface area contributed by atoms with Crippen LogP contribution in [0.3, 0.4) is 0 Å². The quantitative estimate of drug-likeness (QED) is 0.207. The summed E-state index contributed by atoms with van der Waals surface area (Å²) in [5, 5.41) is 6.23. The van der Waals surface area contributed by atoms with Crippen molar-refractivity contribution in [3.05, 3.63) is 17.0 Å². The zero-order valence-corrected chi connectivity index (χ0v) is 19.3. The molecule has 1 rings (SSSR count). The molecule has 10 heteroatoms. The van der Waals surface area contributed by atoms with E-state index in [0.717, 1.165) is 11.4 Å². The van der Waals surface area contributed by atoms with E-state index in [1.165, 1.54) is 11.3 Å². The minimum atomic E-state index is -3.44. The molecule has 0 saturated heterocycles. The predicted molar refractivity (Wildman–Crippen MR) is 115 cm³/mol. The number of hydrogen-bond donors (Lipinski definition) is 3. The van der Waals surface area contributed by atoms with E-state index in [4.69, 9.17) is 4.74 Å². The summed E-state index contributed by atoms with van der Waals surface area (Å²) in [5.41, 5.74) is -0.346. The minimum Gasteiger partial charge on any atom is -0.377 e. The summed E-state index contributed by atoms with van der Waals surface area (Å²) >= 11 is 1.26. The molecule has 0 aromatic carbocycles. The van der Waals surface area contributed by atoms with Crippen molar-refractivity contribution >= 4 is 51.3 Å². The Morgan fingerprint density at radius 2 is 1.96 bits per heavy atom. The number of hydrogen-bond acceptors (Lipinski definition) is 5. The highest BCUT2D eigenvalue weighted by molar-refractivity contribution is 14.0. The number of rotatable bonds is 9. The molecule has 7 nitrogen and oxygen atoms in total. The molecular formula is C15H29IN4O3S2. The molecule has 0 saturated carbocycles. The van der Waals surface area contributed by atoms with Crippen LogP contribution in [0.5, 0.6) is 0 Å². The fourth-order valence-electron chi connectivity index (χ4n) is 1.67. The lowest BCUT2D eigenvalue weighted by Gasteiger charge is -2.21. The highest BCUT2D eigenvalue weighted by Gasteiger charge is 2.16. The van der Waals surface area contributed by atoms with Crippen LogP contribution in [0.25, 0.3) is 0 Å². The summed E-state index contributed by atoms with van der Waals surface area (Å²) < 4.78 is 32.5. The zero-order valence-electron chi connectivity index (χ0n) is 15.4. The smallest absolute Gasteiger partial charge is 0.250 e. The standard InChI is InChI=1S/C15H28N4O3S2.HI/c1-6-16-14(18-11-15(3,4)22-5)17-9-10-19-24(20,21)13-8-7-12(2)23-13;/h7-8,19H,6,9-11H2,1-5H3,(H2,16,17,18);1H. The van der Waals surface area contributed by atoms with Gasteiger partial charge in [-0.15, -0.1) is 35.3 Å². The lowest BCUT2D eigenvalue weighted by molar-refractivity contribution is 0.0310.